The van der Waals surface area contributed by atoms with Gasteiger partial charge in [0, 0.05) is 6.20 Å². The minimum atomic E-state index is -1.06. The molecule has 0 spiro atoms. The van der Waals surface area contributed by atoms with Gasteiger partial charge in [0.05, 0.1) is 23.5 Å². The number of carboxylic acid groups (broad SMARTS) is 1. The lowest BCUT2D eigenvalue weighted by molar-refractivity contribution is -0.121. The van der Waals surface area contributed by atoms with E-state index in [4.69, 9.17) is 5.11 Å². The molecule has 6 heteroatoms. The third-order valence-corrected chi connectivity index (χ3v) is 3.33. The maximum Gasteiger partial charge on any atom is 0.337 e. The molecule has 1 aliphatic heterocycles. The number of carbonyl (C=O) groups excluding carboxylic acids is 1. The minimum absolute atomic E-state index is 0.0646. The van der Waals surface area contributed by atoms with E-state index in [1.165, 1.54) is 18.5 Å². The molecule has 2 rings (SSSR count). The summed E-state index contributed by atoms with van der Waals surface area (Å²) in [4.78, 5) is 28.8. The third-order valence-electron chi connectivity index (χ3n) is 3.33. The molecule has 0 bridgehead atoms. The van der Waals surface area contributed by atoms with Crippen molar-refractivity contribution in [1.29, 1.82) is 0 Å². The highest BCUT2D eigenvalue weighted by molar-refractivity contribution is 5.96. The van der Waals surface area contributed by atoms with Crippen molar-refractivity contribution in [3.05, 3.63) is 24.0 Å². The van der Waals surface area contributed by atoms with Crippen molar-refractivity contribution in [2.45, 2.75) is 25.3 Å². The average Bonchev–Trinajstić information content (AvgIpc) is 2.39. The van der Waals surface area contributed by atoms with Crippen molar-refractivity contribution in [3.8, 4) is 0 Å². The van der Waals surface area contributed by atoms with E-state index < -0.39 is 5.97 Å². The Morgan fingerprint density at radius 3 is 2.89 bits per heavy atom. The summed E-state index contributed by atoms with van der Waals surface area (Å²) in [5.41, 5.74) is 0.485. The van der Waals surface area contributed by atoms with Crippen LogP contribution in [0.25, 0.3) is 0 Å². The van der Waals surface area contributed by atoms with E-state index in [0.29, 0.717) is 5.69 Å². The van der Waals surface area contributed by atoms with Crippen molar-refractivity contribution in [3.63, 3.8) is 0 Å². The number of hydrogen-bond donors (Lipinski definition) is 2. The Morgan fingerprint density at radius 1 is 1.42 bits per heavy atom. The van der Waals surface area contributed by atoms with Gasteiger partial charge in [-0.05, 0) is 32.5 Å². The molecule has 102 valence electrons. The summed E-state index contributed by atoms with van der Waals surface area (Å²) in [5.74, 6) is -1.16. The maximum absolute atomic E-state index is 12.1. The highest BCUT2D eigenvalue weighted by atomic mass is 16.4. The molecule has 1 fully saturated rings. The normalized spacial score (nSPS) is 19.9. The summed E-state index contributed by atoms with van der Waals surface area (Å²) in [7, 11) is 1.93. The van der Waals surface area contributed by atoms with Crippen LogP contribution in [0.3, 0.4) is 0 Å². The second kappa shape index (κ2) is 5.79. The molecule has 1 saturated heterocycles. The summed E-state index contributed by atoms with van der Waals surface area (Å²) in [6.07, 6.45) is 5.68. The van der Waals surface area contributed by atoms with Gasteiger partial charge in [0.1, 0.15) is 0 Å². The minimum Gasteiger partial charge on any atom is -0.478 e. The molecule has 0 unspecified atom stereocenters. The van der Waals surface area contributed by atoms with Crippen molar-refractivity contribution < 1.29 is 14.7 Å². The van der Waals surface area contributed by atoms with Crippen molar-refractivity contribution in [2.24, 2.45) is 0 Å². The molecule has 1 aromatic heterocycles. The van der Waals surface area contributed by atoms with Crippen LogP contribution in [-0.4, -0.2) is 46.5 Å². The number of aromatic carboxylic acids is 1. The third kappa shape index (κ3) is 3.29. The van der Waals surface area contributed by atoms with Gasteiger partial charge in [0.25, 0.3) is 0 Å². The molecule has 1 amide bonds. The van der Waals surface area contributed by atoms with Gasteiger partial charge < -0.3 is 10.4 Å². The monoisotopic (exact) mass is 263 g/mol. The van der Waals surface area contributed by atoms with Gasteiger partial charge in [-0.2, -0.15) is 0 Å². The topological polar surface area (TPSA) is 82.5 Å². The number of carboxylic acids is 1. The fourth-order valence-electron chi connectivity index (χ4n) is 2.26. The van der Waals surface area contributed by atoms with Gasteiger partial charge in [-0.15, -0.1) is 0 Å². The molecule has 1 aromatic rings. The van der Waals surface area contributed by atoms with Crippen molar-refractivity contribution in [1.82, 2.24) is 9.88 Å². The van der Waals surface area contributed by atoms with E-state index in [-0.39, 0.29) is 17.5 Å². The number of nitrogens with one attached hydrogen (secondary N) is 1. The number of likely N-dealkylation sites (N-methyl/N-ethyl adjacent to an activating group) is 1. The Hall–Kier alpha value is -1.95. The first-order valence-electron chi connectivity index (χ1n) is 6.27. The number of pyridine rings is 1. The van der Waals surface area contributed by atoms with Gasteiger partial charge in [-0.25, -0.2) is 4.79 Å². The van der Waals surface area contributed by atoms with Gasteiger partial charge >= 0.3 is 5.97 Å². The van der Waals surface area contributed by atoms with Gasteiger partial charge in [0.2, 0.25) is 5.91 Å². The van der Waals surface area contributed by atoms with Crippen molar-refractivity contribution in [2.75, 3.05) is 18.9 Å². The van der Waals surface area contributed by atoms with E-state index >= 15 is 0 Å². The van der Waals surface area contributed by atoms with Crippen LogP contribution >= 0.6 is 0 Å². The number of rotatable bonds is 3. The van der Waals surface area contributed by atoms with Gasteiger partial charge in [0.15, 0.2) is 0 Å². The first-order chi connectivity index (χ1) is 9.08. The fourth-order valence-corrected chi connectivity index (χ4v) is 2.26. The predicted octanol–water partition coefficient (Wildman–Crippen LogP) is 1.20. The first-order valence-corrected chi connectivity index (χ1v) is 6.27. The number of nitrogens with zero attached hydrogens (tertiary/aromatic N) is 2. The van der Waals surface area contributed by atoms with E-state index in [9.17, 15) is 9.59 Å². The second-order valence-corrected chi connectivity index (χ2v) is 4.75. The first kappa shape index (κ1) is 13.5. The number of likely N-dealkylation sites (tertiary alicyclic amines) is 1. The molecular formula is C13H17N3O3. The molecule has 0 saturated carbocycles. The molecule has 1 atom stereocenters. The van der Waals surface area contributed by atoms with Crippen LogP contribution in [0.5, 0.6) is 0 Å². The van der Waals surface area contributed by atoms with Crippen LogP contribution in [0.15, 0.2) is 18.5 Å². The molecule has 0 radical (unpaired) electrons. The van der Waals surface area contributed by atoms with Crippen LogP contribution in [0, 0.1) is 0 Å². The van der Waals surface area contributed by atoms with Gasteiger partial charge in [-0.3, -0.25) is 14.7 Å². The van der Waals surface area contributed by atoms with Crippen LogP contribution < -0.4 is 5.32 Å². The van der Waals surface area contributed by atoms with Crippen LogP contribution in [0.2, 0.25) is 0 Å². The summed E-state index contributed by atoms with van der Waals surface area (Å²) in [6.45, 7) is 0.908. The van der Waals surface area contributed by atoms with E-state index in [0.717, 1.165) is 25.8 Å². The van der Waals surface area contributed by atoms with E-state index in [1.54, 1.807) is 0 Å². The van der Waals surface area contributed by atoms with Crippen LogP contribution in [-0.2, 0) is 4.79 Å². The lowest BCUT2D eigenvalue weighted by Crippen LogP contribution is -2.44. The number of hydrogen-bond acceptors (Lipinski definition) is 4. The number of amides is 1. The second-order valence-electron chi connectivity index (χ2n) is 4.75. The highest BCUT2D eigenvalue weighted by Gasteiger charge is 2.25. The van der Waals surface area contributed by atoms with E-state index in [2.05, 4.69) is 10.3 Å². The lowest BCUT2D eigenvalue weighted by atomic mass is 10.0. The van der Waals surface area contributed by atoms with Crippen LogP contribution in [0.1, 0.15) is 29.6 Å². The Morgan fingerprint density at radius 2 is 2.21 bits per heavy atom. The summed E-state index contributed by atoms with van der Waals surface area (Å²) in [5, 5.41) is 11.6. The summed E-state index contributed by atoms with van der Waals surface area (Å²) < 4.78 is 0. The highest BCUT2D eigenvalue weighted by Crippen LogP contribution is 2.17. The van der Waals surface area contributed by atoms with Gasteiger partial charge in [-0.1, -0.05) is 6.42 Å². The number of aromatic nitrogens is 1. The zero-order chi connectivity index (χ0) is 13.8. The molecule has 2 heterocycles. The summed E-state index contributed by atoms with van der Waals surface area (Å²) >= 11 is 0. The number of anilines is 1. The number of piperidine rings is 1. The quantitative estimate of drug-likeness (QED) is 0.856. The lowest BCUT2D eigenvalue weighted by Gasteiger charge is -2.31. The zero-order valence-electron chi connectivity index (χ0n) is 10.8. The zero-order valence-corrected chi connectivity index (χ0v) is 10.8. The average molecular weight is 263 g/mol. The molecule has 0 aromatic carbocycles. The molecular weight excluding hydrogens is 246 g/mol. The number of carbonyl (C=O) groups is 2. The summed E-state index contributed by atoms with van der Waals surface area (Å²) in [6, 6.07) is 1.26. The van der Waals surface area contributed by atoms with Crippen LogP contribution in [0.4, 0.5) is 5.69 Å². The molecule has 0 aliphatic carbocycles. The van der Waals surface area contributed by atoms with E-state index in [1.807, 2.05) is 11.9 Å². The predicted molar refractivity (Wildman–Crippen MR) is 70.1 cm³/mol. The Bertz CT molecular complexity index is 490. The Labute approximate surface area is 111 Å². The molecule has 1 aliphatic rings. The van der Waals surface area contributed by atoms with Crippen molar-refractivity contribution >= 4 is 17.6 Å². The SMILES string of the molecule is CN1CCCC[C@H]1C(=O)Nc1cncc(C(=O)O)c1. The largest absolute Gasteiger partial charge is 0.478 e. The molecule has 2 N–H and O–H groups in total. The Kier molecular flexibility index (Phi) is 4.11. The maximum atomic E-state index is 12.1. The molecule has 6 nitrogen and oxygen atoms in total. The standard InChI is InChI=1S/C13H17N3O3/c1-16-5-3-2-4-11(16)12(17)15-10-6-9(13(18)19)7-14-8-10/h6-8,11H,2-5H2,1H3,(H,15,17)(H,18,19)/t11-/m0/s1. The molecule has 19 heavy (non-hydrogen) atoms. The Balaban J connectivity index is 2.06. The smallest absolute Gasteiger partial charge is 0.337 e. The fraction of sp³-hybridized carbons (Fsp3) is 0.462.